The summed E-state index contributed by atoms with van der Waals surface area (Å²) in [5, 5.41) is 15.2. The molecule has 1 saturated heterocycles. The second kappa shape index (κ2) is 7.77. The minimum atomic E-state index is -2.97. The number of alkyl halides is 2. The third-order valence-corrected chi connectivity index (χ3v) is 4.81. The van der Waals surface area contributed by atoms with Gasteiger partial charge in [0.15, 0.2) is 10.8 Å². The van der Waals surface area contributed by atoms with E-state index in [1.807, 2.05) is 0 Å². The molecule has 0 spiro atoms. The molecular weight excluding hydrogens is 366 g/mol. The van der Waals surface area contributed by atoms with Crippen molar-refractivity contribution >= 4 is 23.1 Å². The number of halogens is 2. The molecule has 2 aliphatic rings. The number of hydrogen-bond donors (Lipinski definition) is 2. The van der Waals surface area contributed by atoms with Crippen LogP contribution in [0.2, 0.25) is 0 Å². The van der Waals surface area contributed by atoms with Gasteiger partial charge in [-0.15, -0.1) is 11.3 Å². The Morgan fingerprint density at radius 1 is 1.58 bits per heavy atom. The van der Waals surface area contributed by atoms with Crippen LogP contribution in [-0.2, 0) is 9.53 Å². The molecule has 142 valence electrons. The Bertz CT molecular complexity index is 721. The fraction of sp³-hybridized carbons (Fsp3) is 0.562. The molecule has 0 aromatic carbocycles. The number of aliphatic hydroxyl groups is 1. The summed E-state index contributed by atoms with van der Waals surface area (Å²) in [4.78, 5) is 22.1. The number of aromatic nitrogens is 1. The lowest BCUT2D eigenvalue weighted by molar-refractivity contribution is -0.138. The number of carbonyl (C=O) groups is 1. The summed E-state index contributed by atoms with van der Waals surface area (Å²) in [6, 6.07) is 0. The van der Waals surface area contributed by atoms with E-state index < -0.39 is 31.0 Å². The molecular formula is C16H20F2N4O3S. The predicted octanol–water partition coefficient (Wildman–Crippen LogP) is 1.01. The van der Waals surface area contributed by atoms with Gasteiger partial charge in [0, 0.05) is 36.8 Å². The third-order valence-electron chi connectivity index (χ3n) is 4.03. The van der Waals surface area contributed by atoms with E-state index in [0.717, 1.165) is 0 Å². The van der Waals surface area contributed by atoms with Gasteiger partial charge in [-0.2, -0.15) is 0 Å². The number of esters is 1. The largest absolute Gasteiger partial charge is 0.463 e. The highest BCUT2D eigenvalue weighted by atomic mass is 32.1. The highest BCUT2D eigenvalue weighted by Gasteiger charge is 2.40. The molecule has 1 fully saturated rings. The number of carbonyl (C=O) groups excluding carboxylic acids is 1. The van der Waals surface area contributed by atoms with E-state index in [2.05, 4.69) is 15.3 Å². The van der Waals surface area contributed by atoms with Gasteiger partial charge in [-0.25, -0.2) is 18.6 Å². The zero-order chi connectivity index (χ0) is 18.7. The highest BCUT2D eigenvalue weighted by Crippen LogP contribution is 2.28. The highest BCUT2D eigenvalue weighted by molar-refractivity contribution is 7.11. The Kier molecular flexibility index (Phi) is 5.64. The van der Waals surface area contributed by atoms with E-state index >= 15 is 0 Å². The average Bonchev–Trinajstić information content (AvgIpc) is 3.07. The average molecular weight is 386 g/mol. The molecule has 26 heavy (non-hydrogen) atoms. The van der Waals surface area contributed by atoms with Crippen molar-refractivity contribution in [2.75, 3.05) is 32.8 Å². The van der Waals surface area contributed by atoms with Crippen molar-refractivity contribution < 1.29 is 23.4 Å². The van der Waals surface area contributed by atoms with Crippen LogP contribution < -0.4 is 5.32 Å². The summed E-state index contributed by atoms with van der Waals surface area (Å²) in [5.74, 6) is -3.00. The number of piperidine rings is 1. The van der Waals surface area contributed by atoms with Gasteiger partial charge in [-0.3, -0.25) is 9.89 Å². The molecule has 3 heterocycles. The number of hydrogen-bond acceptors (Lipinski definition) is 8. The second-order valence-electron chi connectivity index (χ2n) is 6.19. The van der Waals surface area contributed by atoms with Gasteiger partial charge in [-0.05, 0) is 6.92 Å². The van der Waals surface area contributed by atoms with Gasteiger partial charge in [0.1, 0.15) is 0 Å². The molecule has 1 aromatic heterocycles. The SMILES string of the molecule is CCOC(=O)C1=C(CN2CC(O)CC(F)(F)C2)NC(c2nccs2)=NC1. The molecule has 0 aliphatic carbocycles. The van der Waals surface area contributed by atoms with Crippen LogP contribution in [-0.4, -0.2) is 71.6 Å². The van der Waals surface area contributed by atoms with Crippen molar-refractivity contribution in [1.29, 1.82) is 0 Å². The molecule has 0 saturated carbocycles. The number of aliphatic hydroxyl groups excluding tert-OH is 1. The Hall–Kier alpha value is -1.91. The van der Waals surface area contributed by atoms with Crippen LogP contribution in [0.1, 0.15) is 18.4 Å². The van der Waals surface area contributed by atoms with E-state index in [4.69, 9.17) is 4.74 Å². The Labute approximate surface area is 153 Å². The minimum Gasteiger partial charge on any atom is -0.463 e. The number of nitrogens with one attached hydrogen (secondary N) is 1. The maximum atomic E-state index is 13.8. The lowest BCUT2D eigenvalue weighted by Crippen LogP contribution is -2.51. The summed E-state index contributed by atoms with van der Waals surface area (Å²) < 4.78 is 32.6. The van der Waals surface area contributed by atoms with Gasteiger partial charge < -0.3 is 15.2 Å². The van der Waals surface area contributed by atoms with Crippen molar-refractivity contribution in [3.63, 3.8) is 0 Å². The van der Waals surface area contributed by atoms with Crippen LogP contribution in [0.3, 0.4) is 0 Å². The normalized spacial score (nSPS) is 23.4. The fourth-order valence-electron chi connectivity index (χ4n) is 3.02. The molecule has 0 amide bonds. The van der Waals surface area contributed by atoms with Crippen molar-refractivity contribution in [2.45, 2.75) is 25.4 Å². The Morgan fingerprint density at radius 2 is 2.38 bits per heavy atom. The van der Waals surface area contributed by atoms with Crippen molar-refractivity contribution in [2.24, 2.45) is 4.99 Å². The molecule has 3 rings (SSSR count). The molecule has 7 nitrogen and oxygen atoms in total. The third kappa shape index (κ3) is 4.43. The molecule has 1 atom stereocenters. The first-order valence-electron chi connectivity index (χ1n) is 8.26. The molecule has 10 heteroatoms. The molecule has 2 aliphatic heterocycles. The number of nitrogens with zero attached hydrogens (tertiary/aromatic N) is 3. The molecule has 0 bridgehead atoms. The van der Waals surface area contributed by atoms with Gasteiger partial charge in [0.2, 0.25) is 0 Å². The van der Waals surface area contributed by atoms with Crippen LogP contribution >= 0.6 is 11.3 Å². The molecule has 0 radical (unpaired) electrons. The number of ether oxygens (including phenoxy) is 1. The summed E-state index contributed by atoms with van der Waals surface area (Å²) in [6.45, 7) is 1.68. The molecule has 1 aromatic rings. The maximum absolute atomic E-state index is 13.8. The number of aliphatic imine (C=N–C) groups is 1. The Balaban J connectivity index is 1.81. The second-order valence-corrected chi connectivity index (χ2v) is 7.08. The van der Waals surface area contributed by atoms with E-state index in [1.54, 1.807) is 18.5 Å². The van der Waals surface area contributed by atoms with E-state index in [9.17, 15) is 18.7 Å². The molecule has 2 N–H and O–H groups in total. The number of thiazole rings is 1. The number of likely N-dealkylation sites (tertiary alicyclic amines) is 1. The summed E-state index contributed by atoms with van der Waals surface area (Å²) >= 11 is 1.38. The van der Waals surface area contributed by atoms with Gasteiger partial charge in [0.05, 0.1) is 31.4 Å². The first-order valence-corrected chi connectivity index (χ1v) is 9.14. The van der Waals surface area contributed by atoms with Gasteiger partial charge >= 0.3 is 5.97 Å². The zero-order valence-corrected chi connectivity index (χ0v) is 15.1. The van der Waals surface area contributed by atoms with Crippen molar-refractivity contribution in [3.05, 3.63) is 27.9 Å². The molecule has 1 unspecified atom stereocenters. The topological polar surface area (TPSA) is 87.0 Å². The van der Waals surface area contributed by atoms with E-state index in [0.29, 0.717) is 22.1 Å². The lowest BCUT2D eigenvalue weighted by Gasteiger charge is -2.36. The van der Waals surface area contributed by atoms with Crippen LogP contribution in [0.5, 0.6) is 0 Å². The number of β-amino-alcohol motifs (C(OH)–C–C–N with tert-alkyl or cyclic N) is 1. The number of rotatable bonds is 5. The van der Waals surface area contributed by atoms with Crippen LogP contribution in [0.4, 0.5) is 8.78 Å². The summed E-state index contributed by atoms with van der Waals surface area (Å²) in [7, 11) is 0. The summed E-state index contributed by atoms with van der Waals surface area (Å²) in [5.41, 5.74) is 0.754. The van der Waals surface area contributed by atoms with Crippen LogP contribution in [0.15, 0.2) is 27.8 Å². The quantitative estimate of drug-likeness (QED) is 0.735. The number of amidine groups is 1. The van der Waals surface area contributed by atoms with Gasteiger partial charge in [-0.1, -0.05) is 0 Å². The minimum absolute atomic E-state index is 0.0607. The lowest BCUT2D eigenvalue weighted by atomic mass is 10.0. The smallest absolute Gasteiger partial charge is 0.337 e. The first-order chi connectivity index (χ1) is 12.4. The fourth-order valence-corrected chi connectivity index (χ4v) is 3.62. The maximum Gasteiger partial charge on any atom is 0.337 e. The van der Waals surface area contributed by atoms with Crippen LogP contribution in [0, 0.1) is 0 Å². The van der Waals surface area contributed by atoms with E-state index in [-0.39, 0.29) is 26.2 Å². The first kappa shape index (κ1) is 18.9. The van der Waals surface area contributed by atoms with Gasteiger partial charge in [0.25, 0.3) is 5.92 Å². The zero-order valence-electron chi connectivity index (χ0n) is 14.2. The standard InChI is InChI=1S/C16H20F2N4O3S/c1-2-25-15(24)11-6-20-13(14-19-3-4-26-14)21-12(11)8-22-7-10(23)5-16(17,18)9-22/h3-4,10,23H,2,5-9H2,1H3,(H,20,21). The van der Waals surface area contributed by atoms with Crippen molar-refractivity contribution in [3.8, 4) is 0 Å². The summed E-state index contributed by atoms with van der Waals surface area (Å²) in [6.07, 6.45) is -0.0243. The van der Waals surface area contributed by atoms with Crippen molar-refractivity contribution in [1.82, 2.24) is 15.2 Å². The predicted molar refractivity (Wildman–Crippen MR) is 92.3 cm³/mol. The monoisotopic (exact) mass is 386 g/mol. The van der Waals surface area contributed by atoms with Crippen LogP contribution in [0.25, 0.3) is 0 Å². The Morgan fingerprint density at radius 3 is 3.04 bits per heavy atom. The van der Waals surface area contributed by atoms with E-state index in [1.165, 1.54) is 16.2 Å².